The SMILES string of the molecule is C#Cc1cccc(NCC(=O)N2CCC(C(=O)OCC)CC2)c1. The van der Waals surface area contributed by atoms with Crippen molar-refractivity contribution in [2.75, 3.05) is 31.6 Å². The third-order valence-corrected chi connectivity index (χ3v) is 3.94. The predicted octanol–water partition coefficient (Wildman–Crippen LogP) is 1.88. The van der Waals surface area contributed by atoms with Gasteiger partial charge in [0.05, 0.1) is 19.1 Å². The molecule has 0 saturated carbocycles. The summed E-state index contributed by atoms with van der Waals surface area (Å²) in [5, 5.41) is 3.09. The zero-order valence-corrected chi connectivity index (χ0v) is 13.4. The summed E-state index contributed by atoms with van der Waals surface area (Å²) in [5.74, 6) is 2.36. The number of hydrogen-bond acceptors (Lipinski definition) is 4. The molecule has 0 aliphatic carbocycles. The van der Waals surface area contributed by atoms with Gasteiger partial charge in [-0.3, -0.25) is 9.59 Å². The highest BCUT2D eigenvalue weighted by atomic mass is 16.5. The first-order chi connectivity index (χ1) is 11.1. The number of ether oxygens (including phenoxy) is 1. The molecular formula is C18H22N2O3. The maximum atomic E-state index is 12.2. The van der Waals surface area contributed by atoms with Crippen molar-refractivity contribution in [3.63, 3.8) is 0 Å². The van der Waals surface area contributed by atoms with Gasteiger partial charge in [-0.05, 0) is 38.0 Å². The van der Waals surface area contributed by atoms with E-state index in [1.165, 1.54) is 0 Å². The molecule has 0 unspecified atom stereocenters. The van der Waals surface area contributed by atoms with Crippen LogP contribution in [0.5, 0.6) is 0 Å². The molecule has 1 amide bonds. The van der Waals surface area contributed by atoms with Crippen molar-refractivity contribution >= 4 is 17.6 Å². The van der Waals surface area contributed by atoms with Gasteiger partial charge in [-0.15, -0.1) is 6.42 Å². The van der Waals surface area contributed by atoms with Crippen molar-refractivity contribution < 1.29 is 14.3 Å². The van der Waals surface area contributed by atoms with Crippen molar-refractivity contribution in [3.05, 3.63) is 29.8 Å². The number of anilines is 1. The second-order valence-electron chi connectivity index (χ2n) is 5.49. The van der Waals surface area contributed by atoms with Crippen LogP contribution >= 0.6 is 0 Å². The van der Waals surface area contributed by atoms with Crippen LogP contribution in [0.2, 0.25) is 0 Å². The Morgan fingerprint density at radius 1 is 1.39 bits per heavy atom. The lowest BCUT2D eigenvalue weighted by molar-refractivity contribution is -0.151. The van der Waals surface area contributed by atoms with Crippen LogP contribution in [-0.4, -0.2) is 43.0 Å². The van der Waals surface area contributed by atoms with Crippen LogP contribution in [0.15, 0.2) is 24.3 Å². The average Bonchev–Trinajstić information content (AvgIpc) is 2.60. The number of esters is 1. The number of rotatable bonds is 5. The Bertz CT molecular complexity index is 599. The molecule has 1 heterocycles. The van der Waals surface area contributed by atoms with Gasteiger partial charge in [0.1, 0.15) is 0 Å². The maximum Gasteiger partial charge on any atom is 0.309 e. The van der Waals surface area contributed by atoms with E-state index >= 15 is 0 Å². The molecule has 23 heavy (non-hydrogen) atoms. The first-order valence-electron chi connectivity index (χ1n) is 7.89. The van der Waals surface area contributed by atoms with E-state index in [1.54, 1.807) is 11.8 Å². The number of carbonyl (C=O) groups excluding carboxylic acids is 2. The quantitative estimate of drug-likeness (QED) is 0.666. The average molecular weight is 314 g/mol. The minimum atomic E-state index is -0.149. The number of nitrogens with zero attached hydrogens (tertiary/aromatic N) is 1. The number of piperidine rings is 1. The normalized spacial score (nSPS) is 14.9. The second-order valence-corrected chi connectivity index (χ2v) is 5.49. The fraction of sp³-hybridized carbons (Fsp3) is 0.444. The van der Waals surface area contributed by atoms with Gasteiger partial charge in [0.25, 0.3) is 0 Å². The highest BCUT2D eigenvalue weighted by Gasteiger charge is 2.27. The third kappa shape index (κ3) is 4.75. The standard InChI is InChI=1S/C18H22N2O3/c1-3-14-6-5-7-16(12-14)19-13-17(21)20-10-8-15(9-11-20)18(22)23-4-2/h1,5-7,12,15,19H,4,8-11,13H2,2H3. The van der Waals surface area contributed by atoms with Crippen molar-refractivity contribution in [2.24, 2.45) is 5.92 Å². The van der Waals surface area contributed by atoms with E-state index in [0.29, 0.717) is 32.5 Å². The smallest absolute Gasteiger partial charge is 0.309 e. The Kier molecular flexibility index (Phi) is 6.04. The zero-order chi connectivity index (χ0) is 16.7. The van der Waals surface area contributed by atoms with Crippen molar-refractivity contribution in [1.29, 1.82) is 0 Å². The van der Waals surface area contributed by atoms with Gasteiger partial charge in [0.2, 0.25) is 5.91 Å². The highest BCUT2D eigenvalue weighted by molar-refractivity contribution is 5.81. The van der Waals surface area contributed by atoms with Gasteiger partial charge in [-0.25, -0.2) is 0 Å². The molecule has 5 heteroatoms. The molecule has 0 bridgehead atoms. The summed E-state index contributed by atoms with van der Waals surface area (Å²) < 4.78 is 5.03. The molecule has 0 spiro atoms. The lowest BCUT2D eigenvalue weighted by Crippen LogP contribution is -2.43. The van der Waals surface area contributed by atoms with Crippen molar-refractivity contribution in [3.8, 4) is 12.3 Å². The van der Waals surface area contributed by atoms with Gasteiger partial charge < -0.3 is 15.0 Å². The first kappa shape index (κ1) is 16.9. The fourth-order valence-corrected chi connectivity index (χ4v) is 2.63. The van der Waals surface area contributed by atoms with E-state index in [-0.39, 0.29) is 24.3 Å². The molecule has 122 valence electrons. The molecule has 1 aromatic carbocycles. The maximum absolute atomic E-state index is 12.2. The summed E-state index contributed by atoms with van der Waals surface area (Å²) in [6.07, 6.45) is 6.69. The van der Waals surface area contributed by atoms with Crippen LogP contribution in [0.1, 0.15) is 25.3 Å². The molecule has 5 nitrogen and oxygen atoms in total. The summed E-state index contributed by atoms with van der Waals surface area (Å²) in [6.45, 7) is 3.61. The van der Waals surface area contributed by atoms with Crippen LogP contribution in [0.4, 0.5) is 5.69 Å². The lowest BCUT2D eigenvalue weighted by Gasteiger charge is -2.31. The Morgan fingerprint density at radius 3 is 2.78 bits per heavy atom. The molecule has 1 aliphatic heterocycles. The number of carbonyl (C=O) groups is 2. The zero-order valence-electron chi connectivity index (χ0n) is 13.4. The monoisotopic (exact) mass is 314 g/mol. The Morgan fingerprint density at radius 2 is 2.13 bits per heavy atom. The van der Waals surface area contributed by atoms with E-state index in [2.05, 4.69) is 11.2 Å². The minimum Gasteiger partial charge on any atom is -0.466 e. The molecule has 1 fully saturated rings. The Balaban J connectivity index is 1.79. The van der Waals surface area contributed by atoms with E-state index in [1.807, 2.05) is 24.3 Å². The molecule has 0 atom stereocenters. The van der Waals surface area contributed by atoms with Crippen molar-refractivity contribution in [2.45, 2.75) is 19.8 Å². The van der Waals surface area contributed by atoms with Gasteiger partial charge in [-0.2, -0.15) is 0 Å². The highest BCUT2D eigenvalue weighted by Crippen LogP contribution is 2.19. The third-order valence-electron chi connectivity index (χ3n) is 3.94. The minimum absolute atomic E-state index is 0.0263. The van der Waals surface area contributed by atoms with Crippen LogP contribution in [0.25, 0.3) is 0 Å². The van der Waals surface area contributed by atoms with Crippen LogP contribution in [0.3, 0.4) is 0 Å². The lowest BCUT2D eigenvalue weighted by atomic mass is 9.97. The van der Waals surface area contributed by atoms with E-state index in [4.69, 9.17) is 11.2 Å². The number of amides is 1. The van der Waals surface area contributed by atoms with Gasteiger partial charge in [0.15, 0.2) is 0 Å². The number of likely N-dealkylation sites (tertiary alicyclic amines) is 1. The first-order valence-corrected chi connectivity index (χ1v) is 7.89. The second kappa shape index (κ2) is 8.23. The Labute approximate surface area is 137 Å². The van der Waals surface area contributed by atoms with E-state index < -0.39 is 0 Å². The topological polar surface area (TPSA) is 58.6 Å². The van der Waals surface area contributed by atoms with Gasteiger partial charge in [-0.1, -0.05) is 12.0 Å². The van der Waals surface area contributed by atoms with Crippen LogP contribution < -0.4 is 5.32 Å². The Hall–Kier alpha value is -2.48. The number of hydrogen-bond donors (Lipinski definition) is 1. The van der Waals surface area contributed by atoms with Crippen LogP contribution in [-0.2, 0) is 14.3 Å². The van der Waals surface area contributed by atoms with Gasteiger partial charge in [0, 0.05) is 24.3 Å². The summed E-state index contributed by atoms with van der Waals surface area (Å²) in [5.41, 5.74) is 1.60. The number of benzene rings is 1. The van der Waals surface area contributed by atoms with Crippen LogP contribution in [0, 0.1) is 18.3 Å². The largest absolute Gasteiger partial charge is 0.466 e. The number of terminal acetylenes is 1. The summed E-state index contributed by atoms with van der Waals surface area (Å²) in [4.78, 5) is 25.7. The molecule has 1 aliphatic rings. The van der Waals surface area contributed by atoms with Gasteiger partial charge >= 0.3 is 5.97 Å². The fourth-order valence-electron chi connectivity index (χ4n) is 2.63. The summed E-state index contributed by atoms with van der Waals surface area (Å²) in [7, 11) is 0. The molecule has 2 rings (SSSR count). The summed E-state index contributed by atoms with van der Waals surface area (Å²) >= 11 is 0. The molecule has 1 N–H and O–H groups in total. The predicted molar refractivity (Wildman–Crippen MR) is 88.8 cm³/mol. The van der Waals surface area contributed by atoms with E-state index in [0.717, 1.165) is 11.3 Å². The molecule has 0 aromatic heterocycles. The van der Waals surface area contributed by atoms with Crippen molar-refractivity contribution in [1.82, 2.24) is 4.90 Å². The number of nitrogens with one attached hydrogen (secondary N) is 1. The van der Waals surface area contributed by atoms with E-state index in [9.17, 15) is 9.59 Å². The molecular weight excluding hydrogens is 292 g/mol. The molecule has 0 radical (unpaired) electrons. The molecule has 1 aromatic rings. The summed E-state index contributed by atoms with van der Waals surface area (Å²) in [6, 6.07) is 7.40. The molecule has 1 saturated heterocycles.